The van der Waals surface area contributed by atoms with E-state index in [1.165, 1.54) is 0 Å². The van der Waals surface area contributed by atoms with Gasteiger partial charge in [-0.1, -0.05) is 12.1 Å². The van der Waals surface area contributed by atoms with Crippen LogP contribution in [0, 0.1) is 19.8 Å². The van der Waals surface area contributed by atoms with Crippen LogP contribution < -0.4 is 0 Å². The summed E-state index contributed by atoms with van der Waals surface area (Å²) in [5, 5.41) is 9.84. The molecule has 4 nitrogen and oxygen atoms in total. The first-order valence-corrected chi connectivity index (χ1v) is 9.61. The molecule has 146 valence electrons. The summed E-state index contributed by atoms with van der Waals surface area (Å²) in [5.41, 5.74) is 2.99. The number of ether oxygens (including phenoxy) is 1. The maximum Gasteiger partial charge on any atom is 0.306 e. The second-order valence-electron chi connectivity index (χ2n) is 9.22. The van der Waals surface area contributed by atoms with Crippen molar-refractivity contribution in [2.24, 2.45) is 5.92 Å². The Morgan fingerprint density at radius 3 is 2.15 bits per heavy atom. The highest BCUT2D eigenvalue weighted by atomic mass is 16.5. The lowest BCUT2D eigenvalue weighted by Gasteiger charge is -2.53. The molecule has 0 unspecified atom stereocenters. The molecule has 2 rings (SSSR count). The summed E-state index contributed by atoms with van der Waals surface area (Å²) in [6, 6.07) is 3.88. The van der Waals surface area contributed by atoms with Gasteiger partial charge in [-0.25, -0.2) is 0 Å². The Labute approximate surface area is 158 Å². The quantitative estimate of drug-likeness (QED) is 0.791. The van der Waals surface area contributed by atoms with E-state index < -0.39 is 0 Å². The van der Waals surface area contributed by atoms with Crippen molar-refractivity contribution < 1.29 is 14.6 Å². The maximum absolute atomic E-state index is 12.2. The van der Waals surface area contributed by atoms with Crippen molar-refractivity contribution in [1.82, 2.24) is 4.90 Å². The lowest BCUT2D eigenvalue weighted by atomic mass is 9.74. The Morgan fingerprint density at radius 2 is 1.65 bits per heavy atom. The first kappa shape index (κ1) is 20.8. The van der Waals surface area contributed by atoms with Crippen molar-refractivity contribution in [3.63, 3.8) is 0 Å². The molecule has 0 radical (unpaired) electrons. The number of aryl methyl sites for hydroxylation is 3. The second kappa shape index (κ2) is 7.59. The minimum absolute atomic E-state index is 0.111. The number of carbonyl (C=O) groups is 1. The molecule has 0 saturated carbocycles. The molecule has 26 heavy (non-hydrogen) atoms. The average Bonchev–Trinajstić information content (AvgIpc) is 2.53. The van der Waals surface area contributed by atoms with E-state index in [1.807, 2.05) is 26.0 Å². The van der Waals surface area contributed by atoms with Crippen LogP contribution >= 0.6 is 0 Å². The predicted molar refractivity (Wildman–Crippen MR) is 106 cm³/mol. The summed E-state index contributed by atoms with van der Waals surface area (Å²) in [5.74, 6) is 0.602. The largest absolute Gasteiger partial charge is 0.507 e. The summed E-state index contributed by atoms with van der Waals surface area (Å²) in [7, 11) is 2.18. The molecule has 1 aromatic carbocycles. The predicted octanol–water partition coefficient (Wildman–Crippen LogP) is 4.38. The fraction of sp³-hybridized carbons (Fsp3) is 0.682. The first-order chi connectivity index (χ1) is 11.9. The number of esters is 1. The molecule has 1 aliphatic rings. The minimum Gasteiger partial charge on any atom is -0.507 e. The number of piperidine rings is 1. The van der Waals surface area contributed by atoms with E-state index in [2.05, 4.69) is 39.6 Å². The van der Waals surface area contributed by atoms with Gasteiger partial charge in [-0.15, -0.1) is 0 Å². The molecule has 1 heterocycles. The van der Waals surface area contributed by atoms with Crippen molar-refractivity contribution in [1.29, 1.82) is 0 Å². The van der Waals surface area contributed by atoms with Gasteiger partial charge in [0.2, 0.25) is 0 Å². The SMILES string of the molecule is Cc1cc(CCC(=O)OCC2CC(C)(C)N(C)C(C)(C)C2)cc(C)c1O. The summed E-state index contributed by atoms with van der Waals surface area (Å²) in [6.07, 6.45) is 3.10. The van der Waals surface area contributed by atoms with E-state index in [0.717, 1.165) is 29.5 Å². The third-order valence-electron chi connectivity index (χ3n) is 6.04. The van der Waals surface area contributed by atoms with Gasteiger partial charge in [0.25, 0.3) is 0 Å². The zero-order valence-electron chi connectivity index (χ0n) is 17.5. The van der Waals surface area contributed by atoms with Crippen molar-refractivity contribution in [2.45, 2.75) is 78.3 Å². The van der Waals surface area contributed by atoms with Gasteiger partial charge in [0, 0.05) is 17.5 Å². The van der Waals surface area contributed by atoms with E-state index >= 15 is 0 Å². The summed E-state index contributed by atoms with van der Waals surface area (Å²) in [4.78, 5) is 14.6. The highest BCUT2D eigenvalue weighted by Gasteiger charge is 2.43. The smallest absolute Gasteiger partial charge is 0.306 e. The minimum atomic E-state index is -0.136. The van der Waals surface area contributed by atoms with Crippen LogP contribution in [0.2, 0.25) is 0 Å². The van der Waals surface area contributed by atoms with Crippen molar-refractivity contribution in [2.75, 3.05) is 13.7 Å². The third kappa shape index (κ3) is 4.79. The van der Waals surface area contributed by atoms with Crippen LogP contribution in [0.1, 0.15) is 63.6 Å². The molecule has 0 bridgehead atoms. The van der Waals surface area contributed by atoms with E-state index in [1.54, 1.807) is 0 Å². The number of aromatic hydroxyl groups is 1. The monoisotopic (exact) mass is 361 g/mol. The van der Waals surface area contributed by atoms with Crippen molar-refractivity contribution in [3.8, 4) is 5.75 Å². The third-order valence-corrected chi connectivity index (χ3v) is 6.04. The highest BCUT2D eigenvalue weighted by molar-refractivity contribution is 5.69. The number of rotatable bonds is 5. The zero-order valence-corrected chi connectivity index (χ0v) is 17.5. The Hall–Kier alpha value is -1.55. The standard InChI is InChI=1S/C22H35NO3/c1-15-10-17(11-16(2)20(15)25)8-9-19(24)26-14-18-12-21(3,4)23(7)22(5,6)13-18/h10-11,18,25H,8-9,12-14H2,1-7H3. The lowest BCUT2D eigenvalue weighted by molar-refractivity contribution is -0.147. The number of likely N-dealkylation sites (tertiary alicyclic amines) is 1. The van der Waals surface area contributed by atoms with Crippen LogP contribution in [0.4, 0.5) is 0 Å². The number of phenols is 1. The van der Waals surface area contributed by atoms with Gasteiger partial charge in [0.15, 0.2) is 0 Å². The normalized spacial score (nSPS) is 20.1. The Balaban J connectivity index is 1.86. The molecule has 1 fully saturated rings. The molecule has 0 aromatic heterocycles. The van der Waals surface area contributed by atoms with Crippen LogP contribution in [0.5, 0.6) is 5.75 Å². The maximum atomic E-state index is 12.2. The highest BCUT2D eigenvalue weighted by Crippen LogP contribution is 2.40. The van der Waals surface area contributed by atoms with Gasteiger partial charge in [0.1, 0.15) is 5.75 Å². The van der Waals surface area contributed by atoms with Crippen molar-refractivity contribution in [3.05, 3.63) is 28.8 Å². The molecule has 0 aliphatic carbocycles. The zero-order chi connectivity index (χ0) is 19.7. The summed E-state index contributed by atoms with van der Waals surface area (Å²) < 4.78 is 5.60. The van der Waals surface area contributed by atoms with Gasteiger partial charge < -0.3 is 9.84 Å². The summed E-state index contributed by atoms with van der Waals surface area (Å²) in [6.45, 7) is 13.3. The Morgan fingerprint density at radius 1 is 1.15 bits per heavy atom. The van der Waals surface area contributed by atoms with E-state index in [9.17, 15) is 9.90 Å². The van der Waals surface area contributed by atoms with Gasteiger partial charge >= 0.3 is 5.97 Å². The molecule has 1 aliphatic heterocycles. The number of nitrogens with zero attached hydrogens (tertiary/aromatic N) is 1. The van der Waals surface area contributed by atoms with Crippen LogP contribution in [0.3, 0.4) is 0 Å². The molecular formula is C22H35NO3. The van der Waals surface area contributed by atoms with Crippen molar-refractivity contribution >= 4 is 5.97 Å². The number of benzene rings is 1. The Bertz CT molecular complexity index is 622. The van der Waals surface area contributed by atoms with Gasteiger partial charge in [-0.3, -0.25) is 9.69 Å². The van der Waals surface area contributed by atoms with E-state index in [-0.39, 0.29) is 17.0 Å². The number of carbonyl (C=O) groups excluding carboxylic acids is 1. The number of hydrogen-bond donors (Lipinski definition) is 1. The molecular weight excluding hydrogens is 326 g/mol. The molecule has 0 spiro atoms. The first-order valence-electron chi connectivity index (χ1n) is 9.61. The molecule has 1 aromatic rings. The molecule has 1 saturated heterocycles. The topological polar surface area (TPSA) is 49.8 Å². The molecule has 0 amide bonds. The fourth-order valence-electron chi connectivity index (χ4n) is 4.42. The molecule has 1 N–H and O–H groups in total. The summed E-state index contributed by atoms with van der Waals surface area (Å²) >= 11 is 0. The Kier molecular flexibility index (Phi) is 6.06. The fourth-order valence-corrected chi connectivity index (χ4v) is 4.42. The van der Waals surface area contributed by atoms with Crippen LogP contribution in [-0.2, 0) is 16.0 Å². The molecule has 4 heteroatoms. The van der Waals surface area contributed by atoms with Crippen LogP contribution in [0.15, 0.2) is 12.1 Å². The lowest BCUT2D eigenvalue weighted by Crippen LogP contribution is -2.59. The average molecular weight is 362 g/mol. The van der Waals surface area contributed by atoms with Crippen LogP contribution in [0.25, 0.3) is 0 Å². The molecule has 0 atom stereocenters. The van der Waals surface area contributed by atoms with Gasteiger partial charge in [-0.05, 0) is 90.5 Å². The number of phenolic OH excluding ortho intramolecular Hbond substituents is 1. The second-order valence-corrected chi connectivity index (χ2v) is 9.22. The van der Waals surface area contributed by atoms with E-state index in [0.29, 0.717) is 31.1 Å². The van der Waals surface area contributed by atoms with Crippen LogP contribution in [-0.4, -0.2) is 40.7 Å². The van der Waals surface area contributed by atoms with Gasteiger partial charge in [-0.2, -0.15) is 0 Å². The number of hydrogen-bond acceptors (Lipinski definition) is 4. The van der Waals surface area contributed by atoms with E-state index in [4.69, 9.17) is 4.74 Å². The van der Waals surface area contributed by atoms with Gasteiger partial charge in [0.05, 0.1) is 6.61 Å².